The lowest BCUT2D eigenvalue weighted by atomic mass is 9.91. The second kappa shape index (κ2) is 9.56. The average molecular weight is 486 g/mol. The Morgan fingerprint density at radius 3 is 2.60 bits per heavy atom. The lowest BCUT2D eigenvalue weighted by molar-refractivity contribution is 0.363. The summed E-state index contributed by atoms with van der Waals surface area (Å²) in [5, 5.41) is 15.1. The predicted molar refractivity (Wildman–Crippen MR) is 137 cm³/mol. The SMILES string of the molecule is COc1ccc(Cn2nc(Sc3ccccc3C#N)c3ncc(N4CCC(C)(N)CC4)nc32)cc1. The van der Waals surface area contributed by atoms with Crippen LogP contribution in [0.15, 0.2) is 64.6 Å². The number of hydrogen-bond donors (Lipinski definition) is 1. The molecule has 9 heteroatoms. The van der Waals surface area contributed by atoms with Gasteiger partial charge in [-0.1, -0.05) is 36.0 Å². The number of fused-ring (bicyclic) bond motifs is 1. The number of hydrogen-bond acceptors (Lipinski definition) is 8. The Kier molecular flexibility index (Phi) is 6.32. The zero-order valence-electron chi connectivity index (χ0n) is 19.8. The normalized spacial score (nSPS) is 15.2. The Balaban J connectivity index is 1.53. The van der Waals surface area contributed by atoms with E-state index in [4.69, 9.17) is 25.5 Å². The predicted octanol–water partition coefficient (Wildman–Crippen LogP) is 4.22. The maximum Gasteiger partial charge on any atom is 0.180 e. The fourth-order valence-corrected chi connectivity index (χ4v) is 5.10. The number of nitrogens with zero attached hydrogens (tertiary/aromatic N) is 6. The van der Waals surface area contributed by atoms with Crippen molar-refractivity contribution in [3.63, 3.8) is 0 Å². The van der Waals surface area contributed by atoms with Gasteiger partial charge in [-0.05, 0) is 49.6 Å². The van der Waals surface area contributed by atoms with E-state index in [0.29, 0.717) is 12.1 Å². The van der Waals surface area contributed by atoms with E-state index in [2.05, 4.69) is 17.9 Å². The van der Waals surface area contributed by atoms with E-state index in [-0.39, 0.29) is 5.54 Å². The van der Waals surface area contributed by atoms with Gasteiger partial charge in [-0.15, -0.1) is 0 Å². The molecule has 1 fully saturated rings. The van der Waals surface area contributed by atoms with E-state index in [0.717, 1.165) is 64.1 Å². The molecule has 1 aliphatic rings. The van der Waals surface area contributed by atoms with E-state index in [1.165, 1.54) is 11.8 Å². The number of piperidine rings is 1. The minimum Gasteiger partial charge on any atom is -0.497 e. The molecule has 1 saturated heterocycles. The van der Waals surface area contributed by atoms with E-state index in [1.807, 2.05) is 59.4 Å². The molecule has 0 atom stereocenters. The first-order chi connectivity index (χ1) is 17.0. The van der Waals surface area contributed by atoms with E-state index < -0.39 is 0 Å². The molecule has 3 heterocycles. The van der Waals surface area contributed by atoms with Crippen LogP contribution < -0.4 is 15.4 Å². The van der Waals surface area contributed by atoms with Crippen LogP contribution in [0, 0.1) is 11.3 Å². The molecule has 35 heavy (non-hydrogen) atoms. The highest BCUT2D eigenvalue weighted by molar-refractivity contribution is 7.99. The molecular formula is C26H27N7OS. The zero-order valence-corrected chi connectivity index (χ0v) is 20.6. The Hall–Kier alpha value is -3.61. The Morgan fingerprint density at radius 2 is 1.89 bits per heavy atom. The van der Waals surface area contributed by atoms with Crippen LogP contribution in [-0.4, -0.2) is 45.5 Å². The third-order valence-electron chi connectivity index (χ3n) is 6.34. The lowest BCUT2D eigenvalue weighted by Crippen LogP contribution is -2.48. The molecule has 1 aliphatic heterocycles. The van der Waals surface area contributed by atoms with Gasteiger partial charge in [0, 0.05) is 23.5 Å². The highest BCUT2D eigenvalue weighted by Gasteiger charge is 2.27. The van der Waals surface area contributed by atoms with Gasteiger partial charge in [0.1, 0.15) is 23.2 Å². The van der Waals surface area contributed by atoms with E-state index >= 15 is 0 Å². The number of aromatic nitrogens is 4. The van der Waals surface area contributed by atoms with Gasteiger partial charge in [0.15, 0.2) is 10.7 Å². The monoisotopic (exact) mass is 485 g/mol. The molecule has 0 amide bonds. The van der Waals surface area contributed by atoms with Crippen LogP contribution in [0.25, 0.3) is 11.2 Å². The largest absolute Gasteiger partial charge is 0.497 e. The zero-order chi connectivity index (χ0) is 24.4. The molecular weight excluding hydrogens is 458 g/mol. The molecule has 2 aromatic heterocycles. The highest BCUT2D eigenvalue weighted by Crippen LogP contribution is 2.34. The molecule has 0 bridgehead atoms. The van der Waals surface area contributed by atoms with Crippen molar-refractivity contribution < 1.29 is 4.74 Å². The maximum atomic E-state index is 9.53. The van der Waals surface area contributed by atoms with Gasteiger partial charge in [0.05, 0.1) is 25.4 Å². The number of nitrogens with two attached hydrogens (primary N) is 1. The molecule has 0 radical (unpaired) electrons. The van der Waals surface area contributed by atoms with Crippen molar-refractivity contribution >= 4 is 28.7 Å². The first-order valence-corrected chi connectivity index (χ1v) is 12.3. The number of anilines is 1. The van der Waals surface area contributed by atoms with Crippen LogP contribution in [-0.2, 0) is 6.54 Å². The van der Waals surface area contributed by atoms with Crippen molar-refractivity contribution in [2.24, 2.45) is 5.73 Å². The summed E-state index contributed by atoms with van der Waals surface area (Å²) in [4.78, 5) is 12.9. The second-order valence-corrected chi connectivity index (χ2v) is 10.1. The molecule has 4 aromatic rings. The minimum absolute atomic E-state index is 0.137. The summed E-state index contributed by atoms with van der Waals surface area (Å²) in [6.07, 6.45) is 3.63. The van der Waals surface area contributed by atoms with Crippen LogP contribution in [0.5, 0.6) is 5.75 Å². The number of benzene rings is 2. The Bertz CT molecular complexity index is 1380. The average Bonchev–Trinajstić information content (AvgIpc) is 3.21. The summed E-state index contributed by atoms with van der Waals surface area (Å²) in [5.41, 5.74) is 9.32. The standard InChI is InChI=1S/C26H27N7OS/c1-26(28)11-13-32(14-12-26)22-16-29-23-24(30-22)33(17-18-7-9-20(34-2)10-8-18)31-25(23)35-21-6-4-3-5-19(21)15-27/h3-10,16H,11-14,17,28H2,1-2H3. The number of methoxy groups -OCH3 is 1. The fraction of sp³-hybridized carbons (Fsp3) is 0.308. The molecule has 2 aromatic carbocycles. The van der Waals surface area contributed by atoms with Gasteiger partial charge in [-0.25, -0.2) is 14.6 Å². The van der Waals surface area contributed by atoms with Crippen LogP contribution in [0.4, 0.5) is 5.82 Å². The quantitative estimate of drug-likeness (QED) is 0.433. The molecule has 0 saturated carbocycles. The molecule has 0 unspecified atom stereocenters. The number of ether oxygens (including phenoxy) is 1. The molecule has 5 rings (SSSR count). The third-order valence-corrected chi connectivity index (χ3v) is 7.38. The molecule has 2 N–H and O–H groups in total. The van der Waals surface area contributed by atoms with E-state index in [1.54, 1.807) is 7.11 Å². The van der Waals surface area contributed by atoms with Crippen LogP contribution in [0.2, 0.25) is 0 Å². The van der Waals surface area contributed by atoms with Crippen molar-refractivity contribution in [2.45, 2.75) is 41.8 Å². The van der Waals surface area contributed by atoms with Crippen LogP contribution in [0.3, 0.4) is 0 Å². The summed E-state index contributed by atoms with van der Waals surface area (Å²) in [6, 6.07) is 17.7. The minimum atomic E-state index is -0.137. The van der Waals surface area contributed by atoms with Gasteiger partial charge in [0.2, 0.25) is 0 Å². The molecule has 0 aliphatic carbocycles. The molecule has 178 valence electrons. The lowest BCUT2D eigenvalue weighted by Gasteiger charge is -2.37. The summed E-state index contributed by atoms with van der Waals surface area (Å²) >= 11 is 1.44. The van der Waals surface area contributed by atoms with Gasteiger partial charge in [0.25, 0.3) is 0 Å². The first-order valence-electron chi connectivity index (χ1n) is 11.5. The smallest absolute Gasteiger partial charge is 0.180 e. The van der Waals surface area contributed by atoms with Crippen molar-refractivity contribution in [3.8, 4) is 11.8 Å². The van der Waals surface area contributed by atoms with Crippen LogP contribution >= 0.6 is 11.8 Å². The summed E-state index contributed by atoms with van der Waals surface area (Å²) in [5.74, 6) is 1.64. The van der Waals surface area contributed by atoms with Gasteiger partial charge in [-0.2, -0.15) is 10.4 Å². The number of rotatable bonds is 6. The number of nitriles is 1. The topological polar surface area (TPSA) is 106 Å². The summed E-state index contributed by atoms with van der Waals surface area (Å²) in [7, 11) is 1.66. The van der Waals surface area contributed by atoms with Crippen LogP contribution in [0.1, 0.15) is 30.9 Å². The molecule has 0 spiro atoms. The second-order valence-electron chi connectivity index (χ2n) is 9.06. The third kappa shape index (κ3) is 4.94. The molecule has 8 nitrogen and oxygen atoms in total. The Labute approximate surface area is 208 Å². The Morgan fingerprint density at radius 1 is 1.14 bits per heavy atom. The van der Waals surface area contributed by atoms with Gasteiger partial charge in [-0.3, -0.25) is 0 Å². The fourth-order valence-electron chi connectivity index (χ4n) is 4.14. The van der Waals surface area contributed by atoms with Gasteiger partial charge >= 0.3 is 0 Å². The highest BCUT2D eigenvalue weighted by atomic mass is 32.2. The summed E-state index contributed by atoms with van der Waals surface area (Å²) < 4.78 is 7.18. The van der Waals surface area contributed by atoms with Gasteiger partial charge < -0.3 is 15.4 Å². The van der Waals surface area contributed by atoms with Crippen molar-refractivity contribution in [1.29, 1.82) is 5.26 Å². The summed E-state index contributed by atoms with van der Waals surface area (Å²) in [6.45, 7) is 4.33. The van der Waals surface area contributed by atoms with Crippen molar-refractivity contribution in [3.05, 3.63) is 65.9 Å². The van der Waals surface area contributed by atoms with Crippen molar-refractivity contribution in [2.75, 3.05) is 25.1 Å². The van der Waals surface area contributed by atoms with E-state index in [9.17, 15) is 5.26 Å². The van der Waals surface area contributed by atoms with Crippen molar-refractivity contribution in [1.82, 2.24) is 19.7 Å². The maximum absolute atomic E-state index is 9.53. The first kappa shape index (κ1) is 23.1.